The lowest BCUT2D eigenvalue weighted by Crippen LogP contribution is -2.17. The number of rotatable bonds is 6. The maximum atomic E-state index is 5.27. The summed E-state index contributed by atoms with van der Waals surface area (Å²) in [5.74, 6) is 1.99. The second kappa shape index (κ2) is 13.5. The highest BCUT2D eigenvalue weighted by Gasteiger charge is 2.39. The first-order valence-electron chi connectivity index (χ1n) is 20.1. The van der Waals surface area contributed by atoms with Crippen LogP contribution in [0.4, 0.5) is 0 Å². The van der Waals surface area contributed by atoms with Crippen LogP contribution in [0.3, 0.4) is 0 Å². The summed E-state index contributed by atoms with van der Waals surface area (Å²) in [6.45, 7) is 4.74. The van der Waals surface area contributed by atoms with Crippen molar-refractivity contribution in [2.75, 3.05) is 0 Å². The van der Waals surface area contributed by atoms with Gasteiger partial charge in [0.25, 0.3) is 0 Å². The van der Waals surface area contributed by atoms with Crippen LogP contribution < -0.4 is 0 Å². The molecule has 0 saturated carbocycles. The Balaban J connectivity index is 1.26. The van der Waals surface area contributed by atoms with Crippen LogP contribution in [0.15, 0.2) is 188 Å². The van der Waals surface area contributed by atoms with E-state index in [9.17, 15) is 0 Å². The maximum absolute atomic E-state index is 5.27. The van der Waals surface area contributed by atoms with E-state index in [4.69, 9.17) is 15.0 Å². The Morgan fingerprint density at radius 2 is 1.05 bits per heavy atom. The Morgan fingerprint density at radius 1 is 0.500 bits per heavy atom. The number of nitrogens with zero attached hydrogens (tertiary/aromatic N) is 4. The number of benzene rings is 7. The molecule has 0 amide bonds. The first-order valence-corrected chi connectivity index (χ1v) is 20.1. The lowest BCUT2D eigenvalue weighted by Gasteiger charge is -2.31. The third-order valence-electron chi connectivity index (χ3n) is 12.2. The predicted molar refractivity (Wildman–Crippen MR) is 239 cm³/mol. The normalized spacial score (nSPS) is 15.7. The molecule has 0 bridgehead atoms. The highest BCUT2D eigenvalue weighted by molar-refractivity contribution is 6.18. The van der Waals surface area contributed by atoms with Crippen LogP contribution in [0.1, 0.15) is 54.3 Å². The van der Waals surface area contributed by atoms with Crippen molar-refractivity contribution in [3.63, 3.8) is 0 Å². The third kappa shape index (κ3) is 5.40. The van der Waals surface area contributed by atoms with E-state index in [1.165, 1.54) is 55.3 Å². The summed E-state index contributed by atoms with van der Waals surface area (Å²) in [5.41, 5.74) is 15.5. The summed E-state index contributed by atoms with van der Waals surface area (Å²) in [6, 6.07) is 65.1. The van der Waals surface area contributed by atoms with E-state index < -0.39 is 0 Å². The fourth-order valence-corrected chi connectivity index (χ4v) is 9.50. The Morgan fingerprint density at radius 3 is 1.72 bits per heavy atom. The zero-order valence-electron chi connectivity index (χ0n) is 32.5. The van der Waals surface area contributed by atoms with Crippen molar-refractivity contribution < 1.29 is 0 Å². The van der Waals surface area contributed by atoms with Crippen LogP contribution in [0.25, 0.3) is 72.6 Å². The van der Waals surface area contributed by atoms with E-state index >= 15 is 0 Å². The van der Waals surface area contributed by atoms with Crippen LogP contribution in [0, 0.1) is 0 Å². The molecule has 1 unspecified atom stereocenters. The molecule has 0 fully saturated rings. The fraction of sp³-hybridized carbons (Fsp3) is 0.0926. The van der Waals surface area contributed by atoms with E-state index in [1.54, 1.807) is 0 Å². The second-order valence-electron chi connectivity index (χ2n) is 15.9. The fourth-order valence-electron chi connectivity index (χ4n) is 9.50. The van der Waals surface area contributed by atoms with Gasteiger partial charge in [0.1, 0.15) is 0 Å². The standard InChI is InChI=1S/C54H40N4/c1-54(2)45-29-17-15-28-42(45)48-46(54)32-31-41-40-27-16-18-30-47(40)58(50(41)48)49-43(35-19-7-3-8-20-35)33-39(34-44(49)36-21-9-4-10-22-36)53-56-51(37-23-11-5-12-24-37)55-52(57-53)38-25-13-6-14-26-38/h3-33,44H,34H2,1-2H3. The van der Waals surface area contributed by atoms with Gasteiger partial charge in [-0.3, -0.25) is 0 Å². The van der Waals surface area contributed by atoms with Crippen molar-refractivity contribution >= 4 is 38.6 Å². The van der Waals surface area contributed by atoms with Crippen LogP contribution in [0.5, 0.6) is 0 Å². The van der Waals surface area contributed by atoms with Crippen molar-refractivity contribution in [1.82, 2.24) is 19.5 Å². The first kappa shape index (κ1) is 34.1. The number of para-hydroxylation sites is 1. The van der Waals surface area contributed by atoms with Gasteiger partial charge in [-0.1, -0.05) is 190 Å². The Bertz CT molecular complexity index is 3030. The largest absolute Gasteiger partial charge is 0.311 e. The minimum Gasteiger partial charge on any atom is -0.311 e. The van der Waals surface area contributed by atoms with Gasteiger partial charge in [0, 0.05) is 50.1 Å². The van der Waals surface area contributed by atoms with Crippen molar-refractivity contribution in [2.24, 2.45) is 0 Å². The SMILES string of the molecule is CC1(C)c2ccccc2-c2c1ccc1c3ccccc3n(C3=C(c4ccccc4)C=C(c4nc(-c5ccccc5)nc(-c5ccccc5)n4)CC3c3ccccc3)c21. The molecule has 2 aliphatic carbocycles. The van der Waals surface area contributed by atoms with Crippen molar-refractivity contribution in [2.45, 2.75) is 31.6 Å². The zero-order chi connectivity index (χ0) is 38.8. The molecule has 0 radical (unpaired) electrons. The van der Waals surface area contributed by atoms with Crippen LogP contribution >= 0.6 is 0 Å². The molecule has 2 aliphatic rings. The van der Waals surface area contributed by atoms with Gasteiger partial charge in [0.15, 0.2) is 17.5 Å². The molecule has 4 heteroatoms. The number of aromatic nitrogens is 4. The number of fused-ring (bicyclic) bond motifs is 7. The van der Waals surface area contributed by atoms with Gasteiger partial charge in [-0.15, -0.1) is 0 Å². The molecule has 1 atom stereocenters. The molecule has 276 valence electrons. The van der Waals surface area contributed by atoms with E-state index in [1.807, 2.05) is 36.4 Å². The van der Waals surface area contributed by atoms with Crippen LogP contribution in [0.2, 0.25) is 0 Å². The molecule has 2 aromatic heterocycles. The number of allylic oxidation sites excluding steroid dienone is 4. The highest BCUT2D eigenvalue weighted by atomic mass is 15.0. The summed E-state index contributed by atoms with van der Waals surface area (Å²) in [7, 11) is 0. The van der Waals surface area contributed by atoms with Gasteiger partial charge in [0.2, 0.25) is 0 Å². The van der Waals surface area contributed by atoms with Crippen molar-refractivity contribution in [3.05, 3.63) is 216 Å². The first-order chi connectivity index (χ1) is 28.5. The van der Waals surface area contributed by atoms with Gasteiger partial charge in [-0.05, 0) is 52.0 Å². The Labute approximate surface area is 338 Å². The minimum absolute atomic E-state index is 0.0342. The molecule has 4 nitrogen and oxygen atoms in total. The lowest BCUT2D eigenvalue weighted by atomic mass is 9.79. The van der Waals surface area contributed by atoms with E-state index in [0.29, 0.717) is 23.9 Å². The Hall–Kier alpha value is -7.17. The maximum Gasteiger partial charge on any atom is 0.164 e. The predicted octanol–water partition coefficient (Wildman–Crippen LogP) is 13.3. The molecular formula is C54H40N4. The summed E-state index contributed by atoms with van der Waals surface area (Å²) in [4.78, 5) is 15.6. The number of hydrogen-bond donors (Lipinski definition) is 0. The molecule has 0 spiro atoms. The van der Waals surface area contributed by atoms with E-state index in [-0.39, 0.29) is 11.3 Å². The van der Waals surface area contributed by atoms with E-state index in [2.05, 4.69) is 170 Å². The van der Waals surface area contributed by atoms with Crippen LogP contribution in [-0.4, -0.2) is 19.5 Å². The van der Waals surface area contributed by atoms with Gasteiger partial charge in [0.05, 0.1) is 11.0 Å². The van der Waals surface area contributed by atoms with Gasteiger partial charge < -0.3 is 4.57 Å². The third-order valence-corrected chi connectivity index (χ3v) is 12.2. The van der Waals surface area contributed by atoms with Crippen molar-refractivity contribution in [3.8, 4) is 33.9 Å². The monoisotopic (exact) mass is 744 g/mol. The van der Waals surface area contributed by atoms with Crippen LogP contribution in [-0.2, 0) is 5.41 Å². The van der Waals surface area contributed by atoms with E-state index in [0.717, 1.165) is 27.8 Å². The summed E-state index contributed by atoms with van der Waals surface area (Å²) >= 11 is 0. The minimum atomic E-state index is -0.137. The highest BCUT2D eigenvalue weighted by Crippen LogP contribution is 2.55. The molecule has 58 heavy (non-hydrogen) atoms. The van der Waals surface area contributed by atoms with Gasteiger partial charge >= 0.3 is 0 Å². The molecule has 0 N–H and O–H groups in total. The molecule has 9 aromatic rings. The smallest absolute Gasteiger partial charge is 0.164 e. The average Bonchev–Trinajstić information content (AvgIpc) is 3.75. The summed E-state index contributed by atoms with van der Waals surface area (Å²) in [6.07, 6.45) is 3.07. The molecule has 7 aromatic carbocycles. The quantitative estimate of drug-likeness (QED) is 0.170. The average molecular weight is 745 g/mol. The molecular weight excluding hydrogens is 705 g/mol. The number of hydrogen-bond acceptors (Lipinski definition) is 3. The molecule has 11 rings (SSSR count). The second-order valence-corrected chi connectivity index (χ2v) is 15.9. The summed E-state index contributed by atoms with van der Waals surface area (Å²) < 4.78 is 2.62. The zero-order valence-corrected chi connectivity index (χ0v) is 32.5. The topological polar surface area (TPSA) is 43.6 Å². The van der Waals surface area contributed by atoms with Crippen molar-refractivity contribution in [1.29, 1.82) is 0 Å². The van der Waals surface area contributed by atoms with Gasteiger partial charge in [-0.2, -0.15) is 0 Å². The molecule has 2 heterocycles. The van der Waals surface area contributed by atoms with Gasteiger partial charge in [-0.25, -0.2) is 15.0 Å². The summed E-state index contributed by atoms with van der Waals surface area (Å²) in [5, 5.41) is 2.52. The lowest BCUT2D eigenvalue weighted by molar-refractivity contribution is 0.661. The molecule has 0 aliphatic heterocycles. The Kier molecular flexibility index (Phi) is 7.94. The molecule has 0 saturated heterocycles.